The lowest BCUT2D eigenvalue weighted by molar-refractivity contribution is 0.0362. The van der Waals surface area contributed by atoms with E-state index >= 15 is 0 Å². The van der Waals surface area contributed by atoms with Crippen LogP contribution in [0.2, 0.25) is 0 Å². The van der Waals surface area contributed by atoms with Crippen molar-refractivity contribution < 1.29 is 24.2 Å². The van der Waals surface area contributed by atoms with Crippen LogP contribution in [0.25, 0.3) is 0 Å². The highest BCUT2D eigenvalue weighted by molar-refractivity contribution is 5.89. The van der Waals surface area contributed by atoms with Crippen molar-refractivity contribution in [2.45, 2.75) is 58.3 Å². The number of nitrogens with one attached hydrogen (secondary N) is 1. The van der Waals surface area contributed by atoms with Crippen molar-refractivity contribution in [3.63, 3.8) is 0 Å². The van der Waals surface area contributed by atoms with Gasteiger partial charge in [0.15, 0.2) is 0 Å². The van der Waals surface area contributed by atoms with Crippen LogP contribution in [-0.4, -0.2) is 34.9 Å². The number of carbonyl (C=O) groups excluding carboxylic acids is 1. The first-order valence-electron chi connectivity index (χ1n) is 7.64. The van der Waals surface area contributed by atoms with Gasteiger partial charge >= 0.3 is 12.1 Å². The Labute approximate surface area is 135 Å². The SMILES string of the molecule is Cc1cc(OC2CC(NC(=O)OC(C)(C)C)C2)ccc1C(=O)O. The van der Waals surface area contributed by atoms with E-state index in [1.54, 1.807) is 25.1 Å². The van der Waals surface area contributed by atoms with Gasteiger partial charge in [-0.25, -0.2) is 9.59 Å². The fourth-order valence-corrected chi connectivity index (χ4v) is 2.40. The molecule has 2 rings (SSSR count). The molecule has 0 aromatic heterocycles. The molecule has 0 atom stereocenters. The number of rotatable bonds is 4. The molecule has 0 saturated heterocycles. The van der Waals surface area contributed by atoms with Gasteiger partial charge in [-0.05, 0) is 51.5 Å². The number of carboxylic acid groups (broad SMARTS) is 1. The molecule has 0 spiro atoms. The molecule has 23 heavy (non-hydrogen) atoms. The van der Waals surface area contributed by atoms with Gasteiger partial charge in [-0.15, -0.1) is 0 Å². The Hall–Kier alpha value is -2.24. The van der Waals surface area contributed by atoms with Crippen LogP contribution in [0.4, 0.5) is 4.79 Å². The topological polar surface area (TPSA) is 84.9 Å². The highest BCUT2D eigenvalue weighted by Crippen LogP contribution is 2.27. The van der Waals surface area contributed by atoms with Gasteiger partial charge in [-0.2, -0.15) is 0 Å². The summed E-state index contributed by atoms with van der Waals surface area (Å²) in [5, 5.41) is 11.8. The van der Waals surface area contributed by atoms with Crippen LogP contribution in [0, 0.1) is 6.92 Å². The Kier molecular flexibility index (Phi) is 4.82. The van der Waals surface area contributed by atoms with Gasteiger partial charge in [0.05, 0.1) is 5.56 Å². The molecule has 0 unspecified atom stereocenters. The zero-order valence-corrected chi connectivity index (χ0v) is 13.9. The monoisotopic (exact) mass is 321 g/mol. The normalized spacial score (nSPS) is 20.3. The Bertz CT molecular complexity index is 599. The number of hydrogen-bond acceptors (Lipinski definition) is 4. The lowest BCUT2D eigenvalue weighted by Crippen LogP contribution is -2.50. The van der Waals surface area contributed by atoms with E-state index in [9.17, 15) is 9.59 Å². The molecule has 1 amide bonds. The summed E-state index contributed by atoms with van der Waals surface area (Å²) < 4.78 is 11.0. The highest BCUT2D eigenvalue weighted by Gasteiger charge is 2.33. The second-order valence-electron chi connectivity index (χ2n) is 6.84. The molecule has 1 aromatic carbocycles. The predicted molar refractivity (Wildman–Crippen MR) is 84.9 cm³/mol. The fourth-order valence-electron chi connectivity index (χ4n) is 2.40. The second-order valence-corrected chi connectivity index (χ2v) is 6.84. The van der Waals surface area contributed by atoms with Crippen molar-refractivity contribution in [3.8, 4) is 5.75 Å². The number of ether oxygens (including phenoxy) is 2. The first-order chi connectivity index (χ1) is 10.6. The van der Waals surface area contributed by atoms with E-state index in [4.69, 9.17) is 14.6 Å². The van der Waals surface area contributed by atoms with Crippen molar-refractivity contribution in [3.05, 3.63) is 29.3 Å². The van der Waals surface area contributed by atoms with Crippen LogP contribution < -0.4 is 10.1 Å². The van der Waals surface area contributed by atoms with Gasteiger partial charge in [-0.3, -0.25) is 0 Å². The van der Waals surface area contributed by atoms with Gasteiger partial charge < -0.3 is 19.9 Å². The van der Waals surface area contributed by atoms with Crippen molar-refractivity contribution in [2.75, 3.05) is 0 Å². The molecule has 6 nitrogen and oxygen atoms in total. The van der Waals surface area contributed by atoms with Gasteiger partial charge in [0, 0.05) is 18.9 Å². The maximum atomic E-state index is 11.6. The minimum absolute atomic E-state index is 0.0185. The number of alkyl carbamates (subject to hydrolysis) is 1. The number of benzene rings is 1. The third-order valence-corrected chi connectivity index (χ3v) is 3.55. The molecule has 0 bridgehead atoms. The molecular formula is C17H23NO5. The number of aryl methyl sites for hydroxylation is 1. The zero-order valence-electron chi connectivity index (χ0n) is 13.9. The van der Waals surface area contributed by atoms with E-state index in [0.717, 1.165) is 0 Å². The lowest BCUT2D eigenvalue weighted by Gasteiger charge is -2.36. The van der Waals surface area contributed by atoms with Crippen LogP contribution >= 0.6 is 0 Å². The quantitative estimate of drug-likeness (QED) is 0.890. The van der Waals surface area contributed by atoms with Crippen LogP contribution in [0.3, 0.4) is 0 Å². The first-order valence-corrected chi connectivity index (χ1v) is 7.64. The molecule has 1 aromatic rings. The van der Waals surface area contributed by atoms with Gasteiger partial charge in [0.1, 0.15) is 17.5 Å². The Morgan fingerprint density at radius 1 is 1.26 bits per heavy atom. The van der Waals surface area contributed by atoms with Crippen LogP contribution in [0.1, 0.15) is 49.5 Å². The van der Waals surface area contributed by atoms with E-state index in [1.807, 2.05) is 20.8 Å². The Morgan fingerprint density at radius 3 is 2.43 bits per heavy atom. The fraction of sp³-hybridized carbons (Fsp3) is 0.529. The summed E-state index contributed by atoms with van der Waals surface area (Å²) in [5.41, 5.74) is 0.431. The molecule has 2 N–H and O–H groups in total. The lowest BCUT2D eigenvalue weighted by atomic mass is 9.89. The largest absolute Gasteiger partial charge is 0.490 e. The maximum absolute atomic E-state index is 11.6. The number of carbonyl (C=O) groups is 2. The molecule has 1 saturated carbocycles. The third kappa shape index (κ3) is 4.87. The minimum atomic E-state index is -0.945. The summed E-state index contributed by atoms with van der Waals surface area (Å²) in [5.74, 6) is -0.299. The van der Waals surface area contributed by atoms with Gasteiger partial charge in [0.2, 0.25) is 0 Å². The van der Waals surface area contributed by atoms with Crippen LogP contribution in [0.15, 0.2) is 18.2 Å². The Balaban J connectivity index is 1.79. The maximum Gasteiger partial charge on any atom is 0.407 e. The molecule has 126 valence electrons. The van der Waals surface area contributed by atoms with Crippen molar-refractivity contribution >= 4 is 12.1 Å². The summed E-state index contributed by atoms with van der Waals surface area (Å²) in [6, 6.07) is 4.97. The molecule has 0 heterocycles. The van der Waals surface area contributed by atoms with E-state index in [0.29, 0.717) is 24.2 Å². The summed E-state index contributed by atoms with van der Waals surface area (Å²) in [6.45, 7) is 7.21. The average molecular weight is 321 g/mol. The smallest absolute Gasteiger partial charge is 0.407 e. The van der Waals surface area contributed by atoms with Gasteiger partial charge in [0.25, 0.3) is 0 Å². The molecule has 1 aliphatic rings. The van der Waals surface area contributed by atoms with Crippen molar-refractivity contribution in [2.24, 2.45) is 0 Å². The first kappa shape index (κ1) is 17.1. The van der Waals surface area contributed by atoms with Crippen molar-refractivity contribution in [1.82, 2.24) is 5.32 Å². The predicted octanol–water partition coefficient (Wildman–Crippen LogP) is 3.13. The standard InChI is InChI=1S/C17H23NO5/c1-10-7-12(5-6-14(10)15(19)20)22-13-8-11(9-13)18-16(21)23-17(2,3)4/h5-7,11,13H,8-9H2,1-4H3,(H,18,21)(H,19,20). The zero-order chi connectivity index (χ0) is 17.2. The van der Waals surface area contributed by atoms with Crippen LogP contribution in [0.5, 0.6) is 5.75 Å². The summed E-state index contributed by atoms with van der Waals surface area (Å²) >= 11 is 0. The van der Waals surface area contributed by atoms with E-state index < -0.39 is 17.7 Å². The summed E-state index contributed by atoms with van der Waals surface area (Å²) in [6.07, 6.45) is 1.02. The van der Waals surface area contributed by atoms with E-state index in [-0.39, 0.29) is 17.7 Å². The van der Waals surface area contributed by atoms with E-state index in [2.05, 4.69) is 5.32 Å². The molecule has 1 aliphatic carbocycles. The average Bonchev–Trinajstić information content (AvgIpc) is 2.33. The number of hydrogen-bond donors (Lipinski definition) is 2. The molecule has 0 radical (unpaired) electrons. The highest BCUT2D eigenvalue weighted by atomic mass is 16.6. The molecule has 6 heteroatoms. The molecule has 1 fully saturated rings. The molecular weight excluding hydrogens is 298 g/mol. The van der Waals surface area contributed by atoms with Crippen molar-refractivity contribution in [1.29, 1.82) is 0 Å². The number of amides is 1. The minimum Gasteiger partial charge on any atom is -0.490 e. The Morgan fingerprint density at radius 2 is 1.91 bits per heavy atom. The van der Waals surface area contributed by atoms with Gasteiger partial charge in [-0.1, -0.05) is 0 Å². The number of carboxylic acids is 1. The van der Waals surface area contributed by atoms with Crippen LogP contribution in [-0.2, 0) is 4.74 Å². The number of aromatic carboxylic acids is 1. The summed E-state index contributed by atoms with van der Waals surface area (Å²) in [7, 11) is 0. The second kappa shape index (κ2) is 6.48. The molecule has 0 aliphatic heterocycles. The summed E-state index contributed by atoms with van der Waals surface area (Å²) in [4.78, 5) is 22.6. The van der Waals surface area contributed by atoms with E-state index in [1.165, 1.54) is 0 Å². The third-order valence-electron chi connectivity index (χ3n) is 3.55.